The van der Waals surface area contributed by atoms with Gasteiger partial charge in [-0.25, -0.2) is 4.39 Å². The summed E-state index contributed by atoms with van der Waals surface area (Å²) < 4.78 is 13.8. The monoisotopic (exact) mass is 217 g/mol. The van der Waals surface area contributed by atoms with Gasteiger partial charge in [-0.15, -0.1) is 0 Å². The SMILES string of the molecule is N#Cc1ccc(N2CCNC3CC32)c(F)c1. The second-order valence-electron chi connectivity index (χ2n) is 4.34. The summed E-state index contributed by atoms with van der Waals surface area (Å²) in [5.74, 6) is -0.286. The van der Waals surface area contributed by atoms with Gasteiger partial charge in [0.2, 0.25) is 0 Å². The molecule has 0 aromatic heterocycles. The summed E-state index contributed by atoms with van der Waals surface area (Å²) in [5, 5.41) is 12.1. The van der Waals surface area contributed by atoms with E-state index in [0.29, 0.717) is 23.3 Å². The first kappa shape index (κ1) is 9.61. The minimum absolute atomic E-state index is 0.286. The number of halogens is 1. The van der Waals surface area contributed by atoms with Crippen molar-refractivity contribution in [2.24, 2.45) is 0 Å². The Kier molecular flexibility index (Phi) is 2.08. The molecule has 3 nitrogen and oxygen atoms in total. The molecule has 1 saturated carbocycles. The number of nitrogens with zero attached hydrogens (tertiary/aromatic N) is 2. The highest BCUT2D eigenvalue weighted by Gasteiger charge is 2.44. The molecule has 2 atom stereocenters. The topological polar surface area (TPSA) is 39.1 Å². The van der Waals surface area contributed by atoms with Gasteiger partial charge in [0.1, 0.15) is 5.82 Å². The van der Waals surface area contributed by atoms with Gasteiger partial charge in [0.25, 0.3) is 0 Å². The molecule has 16 heavy (non-hydrogen) atoms. The summed E-state index contributed by atoms with van der Waals surface area (Å²) >= 11 is 0. The van der Waals surface area contributed by atoms with Gasteiger partial charge in [-0.1, -0.05) is 0 Å². The van der Waals surface area contributed by atoms with Crippen molar-refractivity contribution in [3.8, 4) is 6.07 Å². The van der Waals surface area contributed by atoms with Crippen molar-refractivity contribution in [2.45, 2.75) is 18.5 Å². The van der Waals surface area contributed by atoms with Crippen LogP contribution in [0.2, 0.25) is 0 Å². The molecule has 1 aliphatic heterocycles. The normalized spacial score (nSPS) is 27.1. The zero-order chi connectivity index (χ0) is 11.1. The molecule has 1 saturated heterocycles. The highest BCUT2D eigenvalue weighted by Crippen LogP contribution is 2.35. The van der Waals surface area contributed by atoms with E-state index in [1.807, 2.05) is 6.07 Å². The van der Waals surface area contributed by atoms with Crippen LogP contribution < -0.4 is 10.2 Å². The Morgan fingerprint density at radius 1 is 1.50 bits per heavy atom. The second kappa shape index (κ2) is 3.46. The number of hydrogen-bond donors (Lipinski definition) is 1. The largest absolute Gasteiger partial charge is 0.363 e. The zero-order valence-electron chi connectivity index (χ0n) is 8.78. The molecule has 0 spiro atoms. The van der Waals surface area contributed by atoms with Gasteiger partial charge in [-0.2, -0.15) is 5.26 Å². The number of nitrogens with one attached hydrogen (secondary N) is 1. The number of hydrogen-bond acceptors (Lipinski definition) is 3. The number of piperazine rings is 1. The third kappa shape index (κ3) is 1.44. The van der Waals surface area contributed by atoms with Crippen LogP contribution in [0.1, 0.15) is 12.0 Å². The van der Waals surface area contributed by atoms with Crippen molar-refractivity contribution >= 4 is 5.69 Å². The molecule has 1 N–H and O–H groups in total. The van der Waals surface area contributed by atoms with E-state index in [2.05, 4.69) is 10.2 Å². The minimum Gasteiger partial charge on any atom is -0.363 e. The van der Waals surface area contributed by atoms with E-state index in [-0.39, 0.29) is 5.82 Å². The van der Waals surface area contributed by atoms with Crippen molar-refractivity contribution < 1.29 is 4.39 Å². The number of rotatable bonds is 1. The Bertz CT molecular complexity index is 466. The Morgan fingerprint density at radius 3 is 3.12 bits per heavy atom. The predicted molar refractivity (Wildman–Crippen MR) is 58.7 cm³/mol. The molecule has 1 heterocycles. The Hall–Kier alpha value is -1.60. The molecule has 4 heteroatoms. The van der Waals surface area contributed by atoms with E-state index in [4.69, 9.17) is 5.26 Å². The summed E-state index contributed by atoms with van der Waals surface area (Å²) in [4.78, 5) is 2.11. The van der Waals surface area contributed by atoms with E-state index < -0.39 is 0 Å². The van der Waals surface area contributed by atoms with E-state index in [9.17, 15) is 4.39 Å². The molecule has 82 valence electrons. The van der Waals surface area contributed by atoms with Gasteiger partial charge in [-0.05, 0) is 24.6 Å². The van der Waals surface area contributed by atoms with E-state index >= 15 is 0 Å². The van der Waals surface area contributed by atoms with Crippen molar-refractivity contribution in [2.75, 3.05) is 18.0 Å². The molecule has 2 aliphatic rings. The molecule has 2 unspecified atom stereocenters. The molecular formula is C12H12FN3. The Balaban J connectivity index is 1.91. The number of benzene rings is 1. The van der Waals surface area contributed by atoms with Crippen molar-refractivity contribution in [3.63, 3.8) is 0 Å². The molecular weight excluding hydrogens is 205 g/mol. The molecule has 1 aromatic carbocycles. The van der Waals surface area contributed by atoms with Crippen LogP contribution in [-0.2, 0) is 0 Å². The summed E-state index contributed by atoms with van der Waals surface area (Å²) in [7, 11) is 0. The summed E-state index contributed by atoms with van der Waals surface area (Å²) in [6, 6.07) is 7.63. The Morgan fingerprint density at radius 2 is 2.38 bits per heavy atom. The van der Waals surface area contributed by atoms with E-state index in [1.54, 1.807) is 12.1 Å². The van der Waals surface area contributed by atoms with Crippen LogP contribution in [-0.4, -0.2) is 25.2 Å². The fourth-order valence-corrected chi connectivity index (χ4v) is 2.39. The lowest BCUT2D eigenvalue weighted by Gasteiger charge is -2.29. The van der Waals surface area contributed by atoms with Crippen molar-refractivity contribution in [3.05, 3.63) is 29.6 Å². The zero-order valence-corrected chi connectivity index (χ0v) is 8.78. The van der Waals surface area contributed by atoms with Gasteiger partial charge < -0.3 is 10.2 Å². The summed E-state index contributed by atoms with van der Waals surface area (Å²) in [5.41, 5.74) is 1.01. The quantitative estimate of drug-likeness (QED) is 0.769. The summed E-state index contributed by atoms with van der Waals surface area (Å²) in [6.07, 6.45) is 1.10. The number of anilines is 1. The van der Waals surface area contributed by atoms with Crippen LogP contribution in [0.3, 0.4) is 0 Å². The van der Waals surface area contributed by atoms with Crippen molar-refractivity contribution in [1.29, 1.82) is 5.26 Å². The minimum atomic E-state index is -0.286. The smallest absolute Gasteiger partial charge is 0.147 e. The highest BCUT2D eigenvalue weighted by molar-refractivity contribution is 5.54. The van der Waals surface area contributed by atoms with Gasteiger partial charge in [0, 0.05) is 25.2 Å². The van der Waals surface area contributed by atoms with Crippen LogP contribution in [0.25, 0.3) is 0 Å². The highest BCUT2D eigenvalue weighted by atomic mass is 19.1. The fourth-order valence-electron chi connectivity index (χ4n) is 2.39. The van der Waals surface area contributed by atoms with E-state index in [0.717, 1.165) is 19.5 Å². The van der Waals surface area contributed by atoms with E-state index in [1.165, 1.54) is 6.07 Å². The van der Waals surface area contributed by atoms with Gasteiger partial charge in [-0.3, -0.25) is 0 Å². The van der Waals surface area contributed by atoms with Crippen LogP contribution >= 0.6 is 0 Å². The predicted octanol–water partition coefficient (Wildman–Crippen LogP) is 1.25. The maximum Gasteiger partial charge on any atom is 0.147 e. The maximum atomic E-state index is 13.8. The average molecular weight is 217 g/mol. The van der Waals surface area contributed by atoms with Crippen LogP contribution in [0.15, 0.2) is 18.2 Å². The third-order valence-electron chi connectivity index (χ3n) is 3.30. The molecule has 3 rings (SSSR count). The first-order valence-electron chi connectivity index (χ1n) is 5.49. The lowest BCUT2D eigenvalue weighted by atomic mass is 10.2. The first-order chi connectivity index (χ1) is 7.79. The second-order valence-corrected chi connectivity index (χ2v) is 4.34. The average Bonchev–Trinajstić information content (AvgIpc) is 3.07. The van der Waals surface area contributed by atoms with Crippen LogP contribution in [0, 0.1) is 17.1 Å². The summed E-state index contributed by atoms with van der Waals surface area (Å²) in [6.45, 7) is 1.74. The van der Waals surface area contributed by atoms with Crippen molar-refractivity contribution in [1.82, 2.24) is 5.32 Å². The standard InChI is InChI=1S/C12H12FN3/c13-9-5-8(7-14)1-2-11(9)16-4-3-15-10-6-12(10)16/h1-2,5,10,12,15H,3-4,6H2. The molecule has 0 bridgehead atoms. The fraction of sp³-hybridized carbons (Fsp3) is 0.417. The molecule has 1 aliphatic carbocycles. The lowest BCUT2D eigenvalue weighted by molar-refractivity contribution is 0.561. The first-order valence-corrected chi connectivity index (χ1v) is 5.49. The Labute approximate surface area is 93.5 Å². The molecule has 1 aromatic rings. The molecule has 0 radical (unpaired) electrons. The molecule has 2 fully saturated rings. The lowest BCUT2D eigenvalue weighted by Crippen LogP contribution is -2.43. The van der Waals surface area contributed by atoms with Crippen LogP contribution in [0.4, 0.5) is 10.1 Å². The number of fused-ring (bicyclic) bond motifs is 1. The van der Waals surface area contributed by atoms with Crippen LogP contribution in [0.5, 0.6) is 0 Å². The van der Waals surface area contributed by atoms with Gasteiger partial charge >= 0.3 is 0 Å². The van der Waals surface area contributed by atoms with Gasteiger partial charge in [0.05, 0.1) is 17.3 Å². The number of nitriles is 1. The third-order valence-corrected chi connectivity index (χ3v) is 3.30. The molecule has 0 amide bonds. The van der Waals surface area contributed by atoms with Gasteiger partial charge in [0.15, 0.2) is 0 Å². The maximum absolute atomic E-state index is 13.8.